The van der Waals surface area contributed by atoms with Crippen molar-refractivity contribution < 1.29 is 13.5 Å². The second-order valence-electron chi connectivity index (χ2n) is 2.89. The minimum atomic E-state index is -0.682. The molecule has 0 aliphatic carbocycles. The summed E-state index contributed by atoms with van der Waals surface area (Å²) >= 11 is 0. The van der Waals surface area contributed by atoms with Gasteiger partial charge in [0, 0.05) is 13.1 Å². The number of hydrogen-bond donors (Lipinski definition) is 1. The van der Waals surface area contributed by atoms with Crippen LogP contribution >= 0.6 is 0 Å². The first kappa shape index (κ1) is 11.7. The molecule has 0 radical (unpaired) electrons. The predicted octanol–water partition coefficient (Wildman–Crippen LogP) is 2.12. The Labute approximate surface area is 87.6 Å². The van der Waals surface area contributed by atoms with E-state index >= 15 is 0 Å². The maximum atomic E-state index is 13.0. The van der Waals surface area contributed by atoms with E-state index in [-0.39, 0.29) is 12.4 Å². The number of ether oxygens (including phenoxy) is 1. The lowest BCUT2D eigenvalue weighted by atomic mass is 10.3. The number of halogens is 2. The third-order valence-corrected chi connectivity index (χ3v) is 1.73. The standard InChI is InChI=1S/C11H13F2NO/c1-2-6-14-7-8-15-11-9(12)4-3-5-10(11)13/h2-5,14H,1,6-8H2. The highest BCUT2D eigenvalue weighted by Crippen LogP contribution is 2.20. The Morgan fingerprint density at radius 3 is 2.60 bits per heavy atom. The van der Waals surface area contributed by atoms with Gasteiger partial charge in [0.05, 0.1) is 0 Å². The number of rotatable bonds is 6. The largest absolute Gasteiger partial charge is 0.486 e. The molecule has 1 aromatic rings. The average Bonchev–Trinajstić information content (AvgIpc) is 2.21. The fourth-order valence-electron chi connectivity index (χ4n) is 1.05. The molecule has 0 unspecified atom stereocenters. The summed E-state index contributed by atoms with van der Waals surface area (Å²) < 4.78 is 31.0. The van der Waals surface area contributed by atoms with Crippen molar-refractivity contribution in [3.8, 4) is 5.75 Å². The highest BCUT2D eigenvalue weighted by atomic mass is 19.1. The van der Waals surface area contributed by atoms with Gasteiger partial charge in [0.2, 0.25) is 0 Å². The summed E-state index contributed by atoms with van der Waals surface area (Å²) in [6.45, 7) is 4.89. The second kappa shape index (κ2) is 6.14. The molecule has 0 spiro atoms. The molecule has 2 nitrogen and oxygen atoms in total. The molecule has 0 aliphatic rings. The summed E-state index contributed by atoms with van der Waals surface area (Å²) in [5, 5.41) is 2.96. The third-order valence-electron chi connectivity index (χ3n) is 1.73. The first-order valence-corrected chi connectivity index (χ1v) is 4.64. The molecule has 0 heterocycles. The summed E-state index contributed by atoms with van der Waals surface area (Å²) in [6.07, 6.45) is 1.70. The zero-order chi connectivity index (χ0) is 11.1. The van der Waals surface area contributed by atoms with Crippen LogP contribution in [0, 0.1) is 11.6 Å². The zero-order valence-electron chi connectivity index (χ0n) is 8.30. The molecule has 0 aromatic heterocycles. The van der Waals surface area contributed by atoms with Crippen LogP contribution < -0.4 is 10.1 Å². The van der Waals surface area contributed by atoms with Gasteiger partial charge in [0.15, 0.2) is 17.4 Å². The van der Waals surface area contributed by atoms with Crippen molar-refractivity contribution in [2.75, 3.05) is 19.7 Å². The molecule has 15 heavy (non-hydrogen) atoms. The van der Waals surface area contributed by atoms with Gasteiger partial charge in [0.1, 0.15) is 6.61 Å². The van der Waals surface area contributed by atoms with Gasteiger partial charge >= 0.3 is 0 Å². The first-order valence-electron chi connectivity index (χ1n) is 4.64. The van der Waals surface area contributed by atoms with Crippen LogP contribution in [-0.4, -0.2) is 19.7 Å². The Bertz CT molecular complexity index is 308. The highest BCUT2D eigenvalue weighted by Gasteiger charge is 2.08. The lowest BCUT2D eigenvalue weighted by Crippen LogP contribution is -2.21. The number of nitrogens with one attached hydrogen (secondary N) is 1. The van der Waals surface area contributed by atoms with Crippen LogP contribution in [0.3, 0.4) is 0 Å². The van der Waals surface area contributed by atoms with Crippen molar-refractivity contribution in [3.63, 3.8) is 0 Å². The summed E-state index contributed by atoms with van der Waals surface area (Å²) in [4.78, 5) is 0. The monoisotopic (exact) mass is 213 g/mol. The van der Waals surface area contributed by atoms with Gasteiger partial charge in [-0.1, -0.05) is 12.1 Å². The number of hydrogen-bond acceptors (Lipinski definition) is 2. The maximum absolute atomic E-state index is 13.0. The summed E-state index contributed by atoms with van der Waals surface area (Å²) in [5.74, 6) is -1.68. The molecule has 0 aliphatic heterocycles. The Morgan fingerprint density at radius 1 is 1.33 bits per heavy atom. The minimum Gasteiger partial charge on any atom is -0.486 e. The molecule has 0 amide bonds. The van der Waals surface area contributed by atoms with Gasteiger partial charge in [-0.2, -0.15) is 0 Å². The Balaban J connectivity index is 2.40. The quantitative estimate of drug-likeness (QED) is 0.577. The van der Waals surface area contributed by atoms with Crippen LogP contribution in [0.15, 0.2) is 30.9 Å². The summed E-state index contributed by atoms with van der Waals surface area (Å²) in [5.41, 5.74) is 0. The number of benzene rings is 1. The smallest absolute Gasteiger partial charge is 0.190 e. The molecule has 0 saturated heterocycles. The van der Waals surface area contributed by atoms with Crippen LogP contribution in [0.25, 0.3) is 0 Å². The fraction of sp³-hybridized carbons (Fsp3) is 0.273. The Kier molecular flexibility index (Phi) is 4.77. The van der Waals surface area contributed by atoms with E-state index in [2.05, 4.69) is 11.9 Å². The Morgan fingerprint density at radius 2 is 2.00 bits per heavy atom. The van der Waals surface area contributed by atoms with E-state index in [9.17, 15) is 8.78 Å². The van der Waals surface area contributed by atoms with E-state index < -0.39 is 11.6 Å². The van der Waals surface area contributed by atoms with Gasteiger partial charge < -0.3 is 10.1 Å². The molecule has 1 N–H and O–H groups in total. The highest BCUT2D eigenvalue weighted by molar-refractivity contribution is 5.25. The topological polar surface area (TPSA) is 21.3 Å². The lowest BCUT2D eigenvalue weighted by molar-refractivity contribution is 0.285. The molecule has 82 valence electrons. The third kappa shape index (κ3) is 3.67. The summed E-state index contributed by atoms with van der Waals surface area (Å²) in [7, 11) is 0. The van der Waals surface area contributed by atoms with Crippen molar-refractivity contribution in [1.29, 1.82) is 0 Å². The molecular formula is C11H13F2NO. The molecule has 0 bridgehead atoms. The van der Waals surface area contributed by atoms with E-state index in [1.54, 1.807) is 6.08 Å². The predicted molar refractivity (Wildman–Crippen MR) is 54.9 cm³/mol. The van der Waals surface area contributed by atoms with Crippen molar-refractivity contribution >= 4 is 0 Å². The van der Waals surface area contributed by atoms with Crippen LogP contribution in [0.1, 0.15) is 0 Å². The van der Waals surface area contributed by atoms with Gasteiger partial charge in [-0.3, -0.25) is 0 Å². The van der Waals surface area contributed by atoms with Gasteiger partial charge in [-0.05, 0) is 12.1 Å². The second-order valence-corrected chi connectivity index (χ2v) is 2.89. The first-order chi connectivity index (χ1) is 7.25. The SMILES string of the molecule is C=CCNCCOc1c(F)cccc1F. The minimum absolute atomic E-state index is 0.214. The van der Waals surface area contributed by atoms with Gasteiger partial charge in [0.25, 0.3) is 0 Å². The molecular weight excluding hydrogens is 200 g/mol. The lowest BCUT2D eigenvalue weighted by Gasteiger charge is -2.07. The molecule has 4 heteroatoms. The molecule has 0 saturated carbocycles. The van der Waals surface area contributed by atoms with Gasteiger partial charge in [-0.15, -0.1) is 6.58 Å². The van der Waals surface area contributed by atoms with E-state index in [1.807, 2.05) is 0 Å². The van der Waals surface area contributed by atoms with Crippen molar-refractivity contribution in [3.05, 3.63) is 42.5 Å². The van der Waals surface area contributed by atoms with Crippen LogP contribution in [0.2, 0.25) is 0 Å². The average molecular weight is 213 g/mol. The molecule has 1 aromatic carbocycles. The zero-order valence-corrected chi connectivity index (χ0v) is 8.30. The van der Waals surface area contributed by atoms with E-state index in [0.717, 1.165) is 12.1 Å². The van der Waals surface area contributed by atoms with Crippen LogP contribution in [-0.2, 0) is 0 Å². The van der Waals surface area contributed by atoms with Crippen LogP contribution in [0.4, 0.5) is 8.78 Å². The van der Waals surface area contributed by atoms with E-state index in [0.29, 0.717) is 13.1 Å². The molecule has 0 fully saturated rings. The normalized spacial score (nSPS) is 10.0. The van der Waals surface area contributed by atoms with Crippen molar-refractivity contribution in [1.82, 2.24) is 5.32 Å². The fourth-order valence-corrected chi connectivity index (χ4v) is 1.05. The number of para-hydroxylation sites is 1. The van der Waals surface area contributed by atoms with Crippen molar-refractivity contribution in [2.45, 2.75) is 0 Å². The van der Waals surface area contributed by atoms with Crippen LogP contribution in [0.5, 0.6) is 5.75 Å². The summed E-state index contributed by atoms with van der Waals surface area (Å²) in [6, 6.07) is 3.62. The van der Waals surface area contributed by atoms with Gasteiger partial charge in [-0.25, -0.2) is 8.78 Å². The van der Waals surface area contributed by atoms with Crippen molar-refractivity contribution in [2.24, 2.45) is 0 Å². The Hall–Kier alpha value is -1.42. The van der Waals surface area contributed by atoms with E-state index in [1.165, 1.54) is 6.07 Å². The molecule has 1 rings (SSSR count). The maximum Gasteiger partial charge on any atom is 0.190 e. The molecule has 0 atom stereocenters. The van der Waals surface area contributed by atoms with E-state index in [4.69, 9.17) is 4.74 Å².